The van der Waals surface area contributed by atoms with Gasteiger partial charge in [-0.15, -0.1) is 0 Å². The summed E-state index contributed by atoms with van der Waals surface area (Å²) in [6, 6.07) is 6.27. The molecule has 1 fully saturated rings. The molecule has 0 radical (unpaired) electrons. The third kappa shape index (κ3) is 2.97. The number of phenolic OH excluding ortho intramolecular Hbond substituents is 1. The van der Waals surface area contributed by atoms with E-state index in [1.807, 2.05) is 6.92 Å². The van der Waals surface area contributed by atoms with Gasteiger partial charge in [0.05, 0.1) is 0 Å². The van der Waals surface area contributed by atoms with Crippen LogP contribution in [0.15, 0.2) is 24.3 Å². The molecular formula is C13H17NO3. The molecule has 0 unspecified atom stereocenters. The molecule has 17 heavy (non-hydrogen) atoms. The van der Waals surface area contributed by atoms with Gasteiger partial charge in [0.15, 0.2) is 0 Å². The van der Waals surface area contributed by atoms with Crippen molar-refractivity contribution < 1.29 is 14.6 Å². The summed E-state index contributed by atoms with van der Waals surface area (Å²) in [5.74, 6) is 0.0632. The molecule has 0 bridgehead atoms. The highest BCUT2D eigenvalue weighted by Crippen LogP contribution is 2.20. The Bertz CT molecular complexity index is 394. The third-order valence-corrected chi connectivity index (χ3v) is 3.14. The Hall–Kier alpha value is -1.55. The summed E-state index contributed by atoms with van der Waals surface area (Å²) >= 11 is 0. The molecule has 92 valence electrons. The van der Waals surface area contributed by atoms with Crippen molar-refractivity contribution in [1.29, 1.82) is 0 Å². The lowest BCUT2D eigenvalue weighted by molar-refractivity contribution is 0.0423. The quantitative estimate of drug-likeness (QED) is 0.820. The second-order valence-electron chi connectivity index (χ2n) is 4.67. The number of rotatable bonds is 2. The summed E-state index contributed by atoms with van der Waals surface area (Å²) in [5, 5.41) is 12.2. The van der Waals surface area contributed by atoms with E-state index in [9.17, 15) is 4.79 Å². The predicted octanol–water partition coefficient (Wildman–Crippen LogP) is 1.69. The Kier molecular flexibility index (Phi) is 3.33. The van der Waals surface area contributed by atoms with Crippen LogP contribution in [0, 0.1) is 0 Å². The zero-order valence-electron chi connectivity index (χ0n) is 9.90. The van der Waals surface area contributed by atoms with Crippen LogP contribution in [0.5, 0.6) is 5.75 Å². The molecule has 1 aromatic carbocycles. The molecule has 1 aromatic rings. The highest BCUT2D eigenvalue weighted by molar-refractivity contribution is 5.94. The molecule has 1 saturated heterocycles. The highest BCUT2D eigenvalue weighted by atomic mass is 16.5. The van der Waals surface area contributed by atoms with Gasteiger partial charge in [-0.05, 0) is 44.0 Å². The summed E-state index contributed by atoms with van der Waals surface area (Å²) in [4.78, 5) is 12.0. The maximum atomic E-state index is 12.0. The van der Waals surface area contributed by atoms with Crippen LogP contribution in [-0.4, -0.2) is 29.8 Å². The highest BCUT2D eigenvalue weighted by Gasteiger charge is 2.29. The van der Waals surface area contributed by atoms with Crippen molar-refractivity contribution in [2.75, 3.05) is 13.2 Å². The number of carbonyl (C=O) groups excluding carboxylic acids is 1. The average Bonchev–Trinajstić information content (AvgIpc) is 2.30. The molecule has 0 saturated carbocycles. The fourth-order valence-electron chi connectivity index (χ4n) is 1.91. The van der Waals surface area contributed by atoms with Gasteiger partial charge < -0.3 is 15.2 Å². The van der Waals surface area contributed by atoms with Crippen LogP contribution in [0.1, 0.15) is 30.1 Å². The van der Waals surface area contributed by atoms with E-state index in [2.05, 4.69) is 5.32 Å². The monoisotopic (exact) mass is 235 g/mol. The first-order chi connectivity index (χ1) is 8.09. The van der Waals surface area contributed by atoms with Gasteiger partial charge in [0.1, 0.15) is 5.75 Å². The van der Waals surface area contributed by atoms with Crippen LogP contribution in [0.3, 0.4) is 0 Å². The van der Waals surface area contributed by atoms with Gasteiger partial charge in [0, 0.05) is 24.3 Å². The van der Waals surface area contributed by atoms with Crippen LogP contribution in [-0.2, 0) is 4.74 Å². The van der Waals surface area contributed by atoms with Gasteiger partial charge >= 0.3 is 0 Å². The molecular weight excluding hydrogens is 218 g/mol. The number of nitrogens with one attached hydrogen (secondary N) is 1. The smallest absolute Gasteiger partial charge is 0.251 e. The van der Waals surface area contributed by atoms with Gasteiger partial charge in [0.2, 0.25) is 0 Å². The number of benzene rings is 1. The zero-order valence-corrected chi connectivity index (χ0v) is 9.90. The van der Waals surface area contributed by atoms with Gasteiger partial charge in [-0.3, -0.25) is 4.79 Å². The lowest BCUT2D eigenvalue weighted by atomic mass is 9.92. The van der Waals surface area contributed by atoms with E-state index in [0.29, 0.717) is 18.8 Å². The van der Waals surface area contributed by atoms with Gasteiger partial charge in [0.25, 0.3) is 5.91 Å². The average molecular weight is 235 g/mol. The zero-order chi connectivity index (χ0) is 12.3. The van der Waals surface area contributed by atoms with Crippen molar-refractivity contribution in [1.82, 2.24) is 5.32 Å². The second kappa shape index (κ2) is 4.75. The lowest BCUT2D eigenvalue weighted by Gasteiger charge is -2.34. The summed E-state index contributed by atoms with van der Waals surface area (Å²) in [7, 11) is 0. The van der Waals surface area contributed by atoms with E-state index in [1.54, 1.807) is 12.1 Å². The third-order valence-electron chi connectivity index (χ3n) is 3.14. The van der Waals surface area contributed by atoms with Gasteiger partial charge in [-0.25, -0.2) is 0 Å². The molecule has 1 amide bonds. The Balaban J connectivity index is 2.03. The summed E-state index contributed by atoms with van der Waals surface area (Å²) in [6.07, 6.45) is 1.66. The fourth-order valence-corrected chi connectivity index (χ4v) is 1.91. The molecule has 1 aliphatic heterocycles. The van der Waals surface area contributed by atoms with Crippen LogP contribution in [0.25, 0.3) is 0 Å². The SMILES string of the molecule is CC1(NC(=O)c2ccc(O)cc2)CCOCC1. The fraction of sp³-hybridized carbons (Fsp3) is 0.462. The van der Waals surface area contributed by atoms with Crippen LogP contribution in [0.2, 0.25) is 0 Å². The Morgan fingerprint density at radius 2 is 1.88 bits per heavy atom. The molecule has 2 rings (SSSR count). The van der Waals surface area contributed by atoms with E-state index in [-0.39, 0.29) is 17.2 Å². The number of carbonyl (C=O) groups is 1. The Morgan fingerprint density at radius 3 is 2.47 bits per heavy atom. The van der Waals surface area contributed by atoms with Crippen LogP contribution in [0.4, 0.5) is 0 Å². The minimum atomic E-state index is -0.187. The van der Waals surface area contributed by atoms with Crippen molar-refractivity contribution in [3.63, 3.8) is 0 Å². The minimum Gasteiger partial charge on any atom is -0.508 e. The number of phenols is 1. The van der Waals surface area contributed by atoms with Crippen LogP contribution < -0.4 is 5.32 Å². The molecule has 0 aromatic heterocycles. The van der Waals surface area contributed by atoms with Crippen molar-refractivity contribution >= 4 is 5.91 Å². The summed E-state index contributed by atoms with van der Waals surface area (Å²) in [5.41, 5.74) is 0.378. The van der Waals surface area contributed by atoms with Crippen molar-refractivity contribution in [3.8, 4) is 5.75 Å². The maximum absolute atomic E-state index is 12.0. The first-order valence-corrected chi connectivity index (χ1v) is 5.78. The minimum absolute atomic E-state index is 0.102. The summed E-state index contributed by atoms with van der Waals surface area (Å²) in [6.45, 7) is 3.41. The molecule has 4 heteroatoms. The number of ether oxygens (including phenoxy) is 1. The first-order valence-electron chi connectivity index (χ1n) is 5.78. The molecule has 0 spiro atoms. The number of aromatic hydroxyl groups is 1. The first kappa shape index (κ1) is 11.9. The number of hydrogen-bond donors (Lipinski definition) is 2. The van der Waals surface area contributed by atoms with Crippen molar-refractivity contribution in [2.24, 2.45) is 0 Å². The number of amides is 1. The van der Waals surface area contributed by atoms with Gasteiger partial charge in [-0.1, -0.05) is 0 Å². The Morgan fingerprint density at radius 1 is 1.29 bits per heavy atom. The normalized spacial score (nSPS) is 18.6. The predicted molar refractivity (Wildman–Crippen MR) is 64.0 cm³/mol. The number of hydrogen-bond acceptors (Lipinski definition) is 3. The second-order valence-corrected chi connectivity index (χ2v) is 4.67. The molecule has 0 atom stereocenters. The maximum Gasteiger partial charge on any atom is 0.251 e. The van der Waals surface area contributed by atoms with Gasteiger partial charge in [-0.2, -0.15) is 0 Å². The van der Waals surface area contributed by atoms with E-state index in [1.165, 1.54) is 12.1 Å². The summed E-state index contributed by atoms with van der Waals surface area (Å²) < 4.78 is 5.28. The van der Waals surface area contributed by atoms with E-state index >= 15 is 0 Å². The van der Waals surface area contributed by atoms with Crippen LogP contribution >= 0.6 is 0 Å². The topological polar surface area (TPSA) is 58.6 Å². The molecule has 2 N–H and O–H groups in total. The molecule has 1 aliphatic rings. The molecule has 4 nitrogen and oxygen atoms in total. The van der Waals surface area contributed by atoms with E-state index < -0.39 is 0 Å². The molecule has 0 aliphatic carbocycles. The molecule has 1 heterocycles. The Labute approximate surface area is 101 Å². The largest absolute Gasteiger partial charge is 0.508 e. The van der Waals surface area contributed by atoms with E-state index in [0.717, 1.165) is 12.8 Å². The standard InChI is InChI=1S/C13H17NO3/c1-13(6-8-17-9-7-13)14-12(16)10-2-4-11(15)5-3-10/h2-5,15H,6-9H2,1H3,(H,14,16). The van der Waals surface area contributed by atoms with E-state index in [4.69, 9.17) is 9.84 Å². The lowest BCUT2D eigenvalue weighted by Crippen LogP contribution is -2.49. The van der Waals surface area contributed by atoms with Crippen molar-refractivity contribution in [3.05, 3.63) is 29.8 Å². The van der Waals surface area contributed by atoms with Crippen molar-refractivity contribution in [2.45, 2.75) is 25.3 Å².